The van der Waals surface area contributed by atoms with Gasteiger partial charge in [-0.25, -0.2) is 0 Å². The number of hydrogen-bond acceptors (Lipinski definition) is 4. The van der Waals surface area contributed by atoms with Gasteiger partial charge in [0.15, 0.2) is 0 Å². The fraction of sp³-hybridized carbons (Fsp3) is 0.625. The van der Waals surface area contributed by atoms with E-state index in [1.165, 1.54) is 6.20 Å². The molecule has 4 nitrogen and oxygen atoms in total. The Bertz CT molecular complexity index is 240. The number of rotatable bonds is 2. The molecule has 1 saturated carbocycles. The summed E-state index contributed by atoms with van der Waals surface area (Å²) in [6.45, 7) is 0. The molecule has 1 rings (SSSR count). The van der Waals surface area contributed by atoms with Crippen LogP contribution in [0, 0.1) is 0 Å². The number of aliphatic hydroxyl groups is 1. The summed E-state index contributed by atoms with van der Waals surface area (Å²) in [4.78, 5) is 4.09. The fourth-order valence-electron chi connectivity index (χ4n) is 1.36. The molecule has 0 aliphatic heterocycles. The SMILES string of the molecule is NC=C(N)C(Cl)=NC1CCCC1O. The highest BCUT2D eigenvalue weighted by Crippen LogP contribution is 2.22. The molecule has 0 amide bonds. The Labute approximate surface area is 82.3 Å². The average Bonchev–Trinajstić information content (AvgIpc) is 2.50. The summed E-state index contributed by atoms with van der Waals surface area (Å²) < 4.78 is 0. The molecule has 2 atom stereocenters. The van der Waals surface area contributed by atoms with E-state index in [4.69, 9.17) is 23.1 Å². The largest absolute Gasteiger partial charge is 0.403 e. The molecule has 0 radical (unpaired) electrons. The van der Waals surface area contributed by atoms with Crippen molar-refractivity contribution in [2.24, 2.45) is 16.5 Å². The van der Waals surface area contributed by atoms with Gasteiger partial charge in [0, 0.05) is 6.20 Å². The Morgan fingerprint density at radius 1 is 1.54 bits per heavy atom. The molecule has 5 heteroatoms. The molecule has 0 saturated heterocycles. The molecule has 74 valence electrons. The first-order valence-corrected chi connectivity index (χ1v) is 4.62. The molecule has 0 bridgehead atoms. The lowest BCUT2D eigenvalue weighted by molar-refractivity contribution is 0.166. The third kappa shape index (κ3) is 2.60. The van der Waals surface area contributed by atoms with Crippen molar-refractivity contribution in [2.45, 2.75) is 31.4 Å². The smallest absolute Gasteiger partial charge is 0.148 e. The Morgan fingerprint density at radius 2 is 2.23 bits per heavy atom. The van der Waals surface area contributed by atoms with Crippen LogP contribution in [0.1, 0.15) is 19.3 Å². The van der Waals surface area contributed by atoms with Gasteiger partial charge >= 0.3 is 0 Å². The van der Waals surface area contributed by atoms with E-state index in [1.807, 2.05) is 0 Å². The molecule has 0 heterocycles. The van der Waals surface area contributed by atoms with Crippen LogP contribution in [0.3, 0.4) is 0 Å². The van der Waals surface area contributed by atoms with E-state index >= 15 is 0 Å². The van der Waals surface area contributed by atoms with E-state index in [0.717, 1.165) is 19.3 Å². The number of halogens is 1. The van der Waals surface area contributed by atoms with Crippen LogP contribution < -0.4 is 11.5 Å². The number of nitrogens with zero attached hydrogens (tertiary/aromatic N) is 1. The summed E-state index contributed by atoms with van der Waals surface area (Å²) in [6, 6.07) is -0.119. The Balaban J connectivity index is 2.64. The van der Waals surface area contributed by atoms with Gasteiger partial charge in [0.25, 0.3) is 0 Å². The van der Waals surface area contributed by atoms with Gasteiger partial charge in [-0.15, -0.1) is 0 Å². The van der Waals surface area contributed by atoms with Crippen LogP contribution in [0.2, 0.25) is 0 Å². The predicted octanol–water partition coefficient (Wildman–Crippen LogP) is 0.296. The Morgan fingerprint density at radius 3 is 2.69 bits per heavy atom. The van der Waals surface area contributed by atoms with Crippen LogP contribution in [0.25, 0.3) is 0 Å². The monoisotopic (exact) mass is 203 g/mol. The highest BCUT2D eigenvalue weighted by molar-refractivity contribution is 6.69. The van der Waals surface area contributed by atoms with E-state index in [2.05, 4.69) is 4.99 Å². The maximum atomic E-state index is 9.44. The van der Waals surface area contributed by atoms with Crippen molar-refractivity contribution >= 4 is 16.8 Å². The molecule has 13 heavy (non-hydrogen) atoms. The first-order chi connectivity index (χ1) is 6.15. The minimum absolute atomic E-state index is 0.119. The van der Waals surface area contributed by atoms with Crippen molar-refractivity contribution < 1.29 is 5.11 Å². The fourth-order valence-corrected chi connectivity index (χ4v) is 1.55. The van der Waals surface area contributed by atoms with Gasteiger partial charge in [-0.05, 0) is 19.3 Å². The average molecular weight is 204 g/mol. The first-order valence-electron chi connectivity index (χ1n) is 4.24. The lowest BCUT2D eigenvalue weighted by atomic mass is 10.2. The predicted molar refractivity (Wildman–Crippen MR) is 53.4 cm³/mol. The first kappa shape index (κ1) is 10.3. The van der Waals surface area contributed by atoms with Crippen LogP contribution in [0.4, 0.5) is 0 Å². The summed E-state index contributed by atoms with van der Waals surface area (Å²) in [7, 11) is 0. The second kappa shape index (κ2) is 4.48. The van der Waals surface area contributed by atoms with E-state index in [1.54, 1.807) is 0 Å². The third-order valence-corrected chi connectivity index (χ3v) is 2.46. The Kier molecular flexibility index (Phi) is 3.57. The van der Waals surface area contributed by atoms with E-state index < -0.39 is 0 Å². The zero-order valence-electron chi connectivity index (χ0n) is 7.28. The molecule has 1 fully saturated rings. The van der Waals surface area contributed by atoms with Gasteiger partial charge in [0.2, 0.25) is 0 Å². The molecule has 0 aromatic rings. The molecule has 5 N–H and O–H groups in total. The molecule has 0 aromatic heterocycles. The van der Waals surface area contributed by atoms with Crippen molar-refractivity contribution in [1.29, 1.82) is 0 Å². The lowest BCUT2D eigenvalue weighted by Crippen LogP contribution is -2.19. The Hall–Kier alpha value is -0.740. The number of nitrogens with two attached hydrogens (primary N) is 2. The van der Waals surface area contributed by atoms with E-state index in [0.29, 0.717) is 0 Å². The maximum Gasteiger partial charge on any atom is 0.148 e. The van der Waals surface area contributed by atoms with Gasteiger partial charge in [-0.1, -0.05) is 11.6 Å². The molecule has 0 spiro atoms. The van der Waals surface area contributed by atoms with Gasteiger partial charge in [-0.3, -0.25) is 4.99 Å². The maximum absolute atomic E-state index is 9.44. The van der Waals surface area contributed by atoms with E-state index in [-0.39, 0.29) is 23.0 Å². The number of allylic oxidation sites excluding steroid dienone is 1. The normalized spacial score (nSPS) is 30.9. The van der Waals surface area contributed by atoms with Crippen molar-refractivity contribution in [3.8, 4) is 0 Å². The topological polar surface area (TPSA) is 84.6 Å². The lowest BCUT2D eigenvalue weighted by Gasteiger charge is -2.09. The minimum atomic E-state index is -0.390. The minimum Gasteiger partial charge on any atom is -0.403 e. The summed E-state index contributed by atoms with van der Waals surface area (Å²) >= 11 is 5.74. The van der Waals surface area contributed by atoms with E-state index in [9.17, 15) is 5.11 Å². The van der Waals surface area contributed by atoms with Crippen LogP contribution in [0.15, 0.2) is 16.9 Å². The summed E-state index contributed by atoms with van der Waals surface area (Å²) in [5.41, 5.74) is 10.8. The zero-order valence-corrected chi connectivity index (χ0v) is 8.04. The number of aliphatic hydroxyl groups excluding tert-OH is 1. The second-order valence-electron chi connectivity index (χ2n) is 3.11. The second-order valence-corrected chi connectivity index (χ2v) is 3.47. The zero-order chi connectivity index (χ0) is 9.84. The number of aliphatic imine (C=N–C) groups is 1. The van der Waals surface area contributed by atoms with Gasteiger partial charge in [0.1, 0.15) is 5.17 Å². The molecule has 1 aliphatic carbocycles. The highest BCUT2D eigenvalue weighted by atomic mass is 35.5. The van der Waals surface area contributed by atoms with Gasteiger partial charge in [-0.2, -0.15) is 0 Å². The molecule has 0 aromatic carbocycles. The molecular weight excluding hydrogens is 190 g/mol. The van der Waals surface area contributed by atoms with Crippen molar-refractivity contribution in [1.82, 2.24) is 0 Å². The summed E-state index contributed by atoms with van der Waals surface area (Å²) in [6.07, 6.45) is 3.43. The van der Waals surface area contributed by atoms with Crippen molar-refractivity contribution in [2.75, 3.05) is 0 Å². The molecular formula is C8H14ClN3O. The molecule has 2 unspecified atom stereocenters. The van der Waals surface area contributed by atoms with Crippen LogP contribution >= 0.6 is 11.6 Å². The quantitative estimate of drug-likeness (QED) is 0.565. The highest BCUT2D eigenvalue weighted by Gasteiger charge is 2.24. The standard InChI is InChI=1S/C8H14ClN3O/c9-8(5(11)4-10)12-6-2-1-3-7(6)13/h4,6-7,13H,1-3,10-11H2. The number of hydrogen-bond donors (Lipinski definition) is 3. The molecule has 1 aliphatic rings. The van der Waals surface area contributed by atoms with Crippen molar-refractivity contribution in [3.05, 3.63) is 11.9 Å². The summed E-state index contributed by atoms with van der Waals surface area (Å²) in [5.74, 6) is 0. The van der Waals surface area contributed by atoms with Crippen molar-refractivity contribution in [3.63, 3.8) is 0 Å². The third-order valence-electron chi connectivity index (χ3n) is 2.14. The van der Waals surface area contributed by atoms with Gasteiger partial charge in [0.05, 0.1) is 17.8 Å². The van der Waals surface area contributed by atoms with Crippen LogP contribution in [-0.4, -0.2) is 22.4 Å². The van der Waals surface area contributed by atoms with Gasteiger partial charge < -0.3 is 16.6 Å². The van der Waals surface area contributed by atoms with Crippen LogP contribution in [-0.2, 0) is 0 Å². The summed E-state index contributed by atoms with van der Waals surface area (Å²) in [5, 5.41) is 9.62. The van der Waals surface area contributed by atoms with Crippen LogP contribution in [0.5, 0.6) is 0 Å².